The van der Waals surface area contributed by atoms with Crippen molar-refractivity contribution in [2.75, 3.05) is 0 Å². The highest BCUT2D eigenvalue weighted by Gasteiger charge is 2.09. The van der Waals surface area contributed by atoms with E-state index in [9.17, 15) is 5.11 Å². The SMILES string of the molecule is Cc1c(-c2ccc(O)cc2)nc2ccccn12. The summed E-state index contributed by atoms with van der Waals surface area (Å²) in [5.74, 6) is 0.273. The van der Waals surface area contributed by atoms with Gasteiger partial charge < -0.3 is 9.51 Å². The quantitative estimate of drug-likeness (QED) is 0.690. The van der Waals surface area contributed by atoms with E-state index < -0.39 is 0 Å². The van der Waals surface area contributed by atoms with Crippen LogP contribution in [0.1, 0.15) is 5.69 Å². The van der Waals surface area contributed by atoms with Crippen LogP contribution in [0.15, 0.2) is 48.7 Å². The fourth-order valence-corrected chi connectivity index (χ4v) is 2.01. The fourth-order valence-electron chi connectivity index (χ4n) is 2.01. The van der Waals surface area contributed by atoms with Crippen molar-refractivity contribution in [3.8, 4) is 17.0 Å². The number of imidazole rings is 1. The van der Waals surface area contributed by atoms with Gasteiger partial charge in [-0.2, -0.15) is 0 Å². The van der Waals surface area contributed by atoms with E-state index in [1.54, 1.807) is 12.1 Å². The molecule has 0 radical (unpaired) electrons. The lowest BCUT2D eigenvalue weighted by Gasteiger charge is -1.99. The van der Waals surface area contributed by atoms with E-state index in [-0.39, 0.29) is 5.75 Å². The summed E-state index contributed by atoms with van der Waals surface area (Å²) in [7, 11) is 0. The maximum absolute atomic E-state index is 9.29. The number of benzene rings is 1. The van der Waals surface area contributed by atoms with Gasteiger partial charge in [0.2, 0.25) is 0 Å². The van der Waals surface area contributed by atoms with Gasteiger partial charge in [0.15, 0.2) is 0 Å². The normalized spacial score (nSPS) is 10.9. The van der Waals surface area contributed by atoms with Crippen molar-refractivity contribution in [3.63, 3.8) is 0 Å². The molecule has 0 aliphatic rings. The lowest BCUT2D eigenvalue weighted by atomic mass is 10.1. The highest BCUT2D eigenvalue weighted by atomic mass is 16.3. The van der Waals surface area contributed by atoms with E-state index in [1.165, 1.54) is 0 Å². The standard InChI is InChI=1S/C14H12N2O/c1-10-14(11-5-7-12(17)8-6-11)15-13-4-2-3-9-16(10)13/h2-9,17H,1H3. The number of aromatic nitrogens is 2. The van der Waals surface area contributed by atoms with Crippen LogP contribution >= 0.6 is 0 Å². The Bertz CT molecular complexity index is 668. The van der Waals surface area contributed by atoms with Crippen molar-refractivity contribution in [1.29, 1.82) is 0 Å². The van der Waals surface area contributed by atoms with Crippen LogP contribution in [0.25, 0.3) is 16.9 Å². The van der Waals surface area contributed by atoms with Crippen LogP contribution in [0.4, 0.5) is 0 Å². The first-order valence-electron chi connectivity index (χ1n) is 5.49. The van der Waals surface area contributed by atoms with Gasteiger partial charge in [-0.3, -0.25) is 0 Å². The molecule has 2 heterocycles. The number of fused-ring (bicyclic) bond motifs is 1. The molecule has 0 fully saturated rings. The third-order valence-electron chi connectivity index (χ3n) is 2.91. The van der Waals surface area contributed by atoms with Gasteiger partial charge in [-0.25, -0.2) is 4.98 Å². The largest absolute Gasteiger partial charge is 0.508 e. The van der Waals surface area contributed by atoms with Gasteiger partial charge in [-0.1, -0.05) is 6.07 Å². The first-order valence-corrected chi connectivity index (χ1v) is 5.49. The average Bonchev–Trinajstić information content (AvgIpc) is 2.69. The molecular formula is C14H12N2O. The van der Waals surface area contributed by atoms with Crippen LogP contribution in [-0.2, 0) is 0 Å². The minimum atomic E-state index is 0.273. The molecule has 0 saturated heterocycles. The average molecular weight is 224 g/mol. The van der Waals surface area contributed by atoms with Crippen LogP contribution in [-0.4, -0.2) is 14.5 Å². The van der Waals surface area contributed by atoms with Crippen LogP contribution in [0.2, 0.25) is 0 Å². The van der Waals surface area contributed by atoms with E-state index in [4.69, 9.17) is 0 Å². The van der Waals surface area contributed by atoms with E-state index in [0.717, 1.165) is 22.6 Å². The van der Waals surface area contributed by atoms with E-state index in [0.29, 0.717) is 0 Å². The molecule has 0 bridgehead atoms. The Balaban J connectivity index is 2.24. The van der Waals surface area contributed by atoms with Gasteiger partial charge >= 0.3 is 0 Å². The maximum Gasteiger partial charge on any atom is 0.137 e. The minimum Gasteiger partial charge on any atom is -0.508 e. The van der Waals surface area contributed by atoms with Gasteiger partial charge in [0.05, 0.1) is 5.69 Å². The lowest BCUT2D eigenvalue weighted by molar-refractivity contribution is 0.475. The summed E-state index contributed by atoms with van der Waals surface area (Å²) in [6.45, 7) is 2.04. The molecule has 2 aromatic heterocycles. The molecule has 3 aromatic rings. The number of aromatic hydroxyl groups is 1. The number of rotatable bonds is 1. The highest BCUT2D eigenvalue weighted by Crippen LogP contribution is 2.25. The molecule has 17 heavy (non-hydrogen) atoms. The zero-order valence-electron chi connectivity index (χ0n) is 9.46. The molecule has 0 atom stereocenters. The Labute approximate surface area is 99.0 Å². The van der Waals surface area contributed by atoms with Gasteiger partial charge in [0.25, 0.3) is 0 Å². The molecule has 0 unspecified atom stereocenters. The molecule has 0 spiro atoms. The van der Waals surface area contributed by atoms with Gasteiger partial charge in [0, 0.05) is 17.5 Å². The van der Waals surface area contributed by atoms with Crippen molar-refractivity contribution in [1.82, 2.24) is 9.38 Å². The zero-order chi connectivity index (χ0) is 11.8. The van der Waals surface area contributed by atoms with Crippen LogP contribution in [0.5, 0.6) is 5.75 Å². The summed E-state index contributed by atoms with van der Waals surface area (Å²) >= 11 is 0. The molecule has 0 aliphatic heterocycles. The number of phenols is 1. The summed E-state index contributed by atoms with van der Waals surface area (Å²) in [5.41, 5.74) is 4.01. The Morgan fingerprint density at radius 3 is 2.53 bits per heavy atom. The Hall–Kier alpha value is -2.29. The molecule has 0 saturated carbocycles. The molecule has 3 nitrogen and oxygen atoms in total. The summed E-state index contributed by atoms with van der Waals surface area (Å²) in [5, 5.41) is 9.29. The van der Waals surface area contributed by atoms with E-state index >= 15 is 0 Å². The van der Waals surface area contributed by atoms with E-state index in [1.807, 2.05) is 43.5 Å². The van der Waals surface area contributed by atoms with Crippen LogP contribution in [0, 0.1) is 6.92 Å². The third-order valence-corrected chi connectivity index (χ3v) is 2.91. The Morgan fingerprint density at radius 2 is 1.82 bits per heavy atom. The molecule has 3 rings (SSSR count). The minimum absolute atomic E-state index is 0.273. The topological polar surface area (TPSA) is 37.5 Å². The molecular weight excluding hydrogens is 212 g/mol. The van der Waals surface area contributed by atoms with Crippen LogP contribution in [0.3, 0.4) is 0 Å². The number of nitrogens with zero attached hydrogens (tertiary/aromatic N) is 2. The number of pyridine rings is 1. The first-order chi connectivity index (χ1) is 8.25. The summed E-state index contributed by atoms with van der Waals surface area (Å²) in [6, 6.07) is 13.1. The second-order valence-corrected chi connectivity index (χ2v) is 4.02. The number of phenolic OH excluding ortho intramolecular Hbond substituents is 1. The lowest BCUT2D eigenvalue weighted by Crippen LogP contribution is -1.85. The molecule has 84 valence electrons. The first kappa shape index (κ1) is 9.90. The summed E-state index contributed by atoms with van der Waals surface area (Å²) < 4.78 is 2.06. The van der Waals surface area contributed by atoms with Gasteiger partial charge in [-0.15, -0.1) is 0 Å². The fraction of sp³-hybridized carbons (Fsp3) is 0.0714. The van der Waals surface area contributed by atoms with Crippen LogP contribution < -0.4 is 0 Å². The predicted molar refractivity (Wildman–Crippen MR) is 67.0 cm³/mol. The third kappa shape index (κ3) is 1.56. The smallest absolute Gasteiger partial charge is 0.137 e. The van der Waals surface area contributed by atoms with Crippen molar-refractivity contribution in [3.05, 3.63) is 54.4 Å². The van der Waals surface area contributed by atoms with E-state index in [2.05, 4.69) is 9.38 Å². The van der Waals surface area contributed by atoms with Gasteiger partial charge in [-0.05, 0) is 43.3 Å². The second kappa shape index (κ2) is 3.63. The number of hydrogen-bond donors (Lipinski definition) is 1. The summed E-state index contributed by atoms with van der Waals surface area (Å²) in [4.78, 5) is 4.59. The zero-order valence-corrected chi connectivity index (χ0v) is 9.46. The van der Waals surface area contributed by atoms with Gasteiger partial charge in [0.1, 0.15) is 11.4 Å². The Kier molecular flexibility index (Phi) is 2.11. The molecule has 3 heteroatoms. The van der Waals surface area contributed by atoms with Crippen molar-refractivity contribution in [2.24, 2.45) is 0 Å². The predicted octanol–water partition coefficient (Wildman–Crippen LogP) is 3.02. The Morgan fingerprint density at radius 1 is 1.06 bits per heavy atom. The number of hydrogen-bond acceptors (Lipinski definition) is 2. The molecule has 1 aromatic carbocycles. The number of aryl methyl sites for hydroxylation is 1. The van der Waals surface area contributed by atoms with Crippen molar-refractivity contribution < 1.29 is 5.11 Å². The maximum atomic E-state index is 9.29. The summed E-state index contributed by atoms with van der Waals surface area (Å²) in [6.07, 6.45) is 2.00. The van der Waals surface area contributed by atoms with Crippen molar-refractivity contribution >= 4 is 5.65 Å². The molecule has 0 amide bonds. The molecule has 0 aliphatic carbocycles. The monoisotopic (exact) mass is 224 g/mol. The molecule has 1 N–H and O–H groups in total. The highest BCUT2D eigenvalue weighted by molar-refractivity contribution is 5.66. The second-order valence-electron chi connectivity index (χ2n) is 4.02. The van der Waals surface area contributed by atoms with Crippen molar-refractivity contribution in [2.45, 2.75) is 6.92 Å².